The van der Waals surface area contributed by atoms with E-state index >= 15 is 0 Å². The second kappa shape index (κ2) is 7.22. The normalized spacial score (nSPS) is 12.5. The van der Waals surface area contributed by atoms with Crippen LogP contribution < -0.4 is 0 Å². The molecule has 0 fully saturated rings. The summed E-state index contributed by atoms with van der Waals surface area (Å²) < 4.78 is 49.6. The van der Waals surface area contributed by atoms with Crippen molar-refractivity contribution in [3.05, 3.63) is 29.8 Å². The lowest BCUT2D eigenvalue weighted by Gasteiger charge is -2.15. The van der Waals surface area contributed by atoms with E-state index in [1.54, 1.807) is 0 Å². The van der Waals surface area contributed by atoms with Crippen molar-refractivity contribution in [3.8, 4) is 6.07 Å². The number of carbonyl (C=O) groups is 1. The van der Waals surface area contributed by atoms with Gasteiger partial charge >= 0.3 is 6.18 Å². The SMILES string of the molecule is CN(CCC#N)C(=O)CS(=O)c1cccc(C(F)(F)F)c1. The van der Waals surface area contributed by atoms with Crippen molar-refractivity contribution in [1.82, 2.24) is 4.90 Å². The van der Waals surface area contributed by atoms with E-state index in [2.05, 4.69) is 0 Å². The van der Waals surface area contributed by atoms with Gasteiger partial charge < -0.3 is 4.90 Å². The fourth-order valence-electron chi connectivity index (χ4n) is 1.46. The van der Waals surface area contributed by atoms with Gasteiger partial charge in [0.2, 0.25) is 5.91 Å². The highest BCUT2D eigenvalue weighted by atomic mass is 32.2. The van der Waals surface area contributed by atoms with Crippen molar-refractivity contribution in [2.75, 3.05) is 19.3 Å². The molecule has 1 unspecified atom stereocenters. The summed E-state index contributed by atoms with van der Waals surface area (Å²) in [5.41, 5.74) is -0.904. The molecule has 4 nitrogen and oxygen atoms in total. The predicted octanol–water partition coefficient (Wildman–Crippen LogP) is 2.19. The first-order chi connectivity index (χ1) is 9.75. The number of amides is 1. The number of rotatable bonds is 5. The van der Waals surface area contributed by atoms with Crippen LogP contribution >= 0.6 is 0 Å². The van der Waals surface area contributed by atoms with E-state index in [0.717, 1.165) is 18.2 Å². The van der Waals surface area contributed by atoms with Crippen LogP contribution in [0.3, 0.4) is 0 Å². The van der Waals surface area contributed by atoms with Gasteiger partial charge in [0.15, 0.2) is 0 Å². The standard InChI is InChI=1S/C13H13F3N2O2S/c1-18(7-3-6-17)12(19)9-21(20)11-5-2-4-10(8-11)13(14,15)16/h2,4-5,8H,3,7,9H2,1H3. The van der Waals surface area contributed by atoms with Crippen LogP contribution in [0.2, 0.25) is 0 Å². The van der Waals surface area contributed by atoms with Crippen LogP contribution in [-0.4, -0.2) is 34.4 Å². The van der Waals surface area contributed by atoms with Crippen molar-refractivity contribution >= 4 is 16.7 Å². The average molecular weight is 318 g/mol. The molecule has 0 aliphatic carbocycles. The highest BCUT2D eigenvalue weighted by Crippen LogP contribution is 2.30. The van der Waals surface area contributed by atoms with Crippen LogP contribution in [-0.2, 0) is 21.8 Å². The van der Waals surface area contributed by atoms with E-state index in [-0.39, 0.29) is 17.9 Å². The Labute approximate surface area is 122 Å². The van der Waals surface area contributed by atoms with E-state index in [0.29, 0.717) is 0 Å². The smallest absolute Gasteiger partial charge is 0.344 e. The van der Waals surface area contributed by atoms with E-state index in [1.807, 2.05) is 6.07 Å². The maximum Gasteiger partial charge on any atom is 0.416 e. The third-order valence-corrected chi connectivity index (χ3v) is 3.95. The fraction of sp³-hybridized carbons (Fsp3) is 0.385. The molecule has 0 saturated heterocycles. The first-order valence-corrected chi connectivity index (χ1v) is 7.24. The Hall–Kier alpha value is -1.88. The Morgan fingerprint density at radius 3 is 2.67 bits per heavy atom. The van der Waals surface area contributed by atoms with Gasteiger partial charge in [-0.05, 0) is 18.2 Å². The number of carbonyl (C=O) groups excluding carboxylic acids is 1. The minimum absolute atomic E-state index is 0.0492. The van der Waals surface area contributed by atoms with E-state index in [9.17, 15) is 22.2 Å². The minimum Gasteiger partial charge on any atom is -0.344 e. The number of nitrogens with zero attached hydrogens (tertiary/aromatic N) is 2. The summed E-state index contributed by atoms with van der Waals surface area (Å²) in [5.74, 6) is -0.899. The molecule has 21 heavy (non-hydrogen) atoms. The molecule has 0 aliphatic heterocycles. The molecule has 1 atom stereocenters. The van der Waals surface area contributed by atoms with Gasteiger partial charge in [0.25, 0.3) is 0 Å². The van der Waals surface area contributed by atoms with Crippen molar-refractivity contribution in [3.63, 3.8) is 0 Å². The van der Waals surface area contributed by atoms with E-state index in [1.165, 1.54) is 18.0 Å². The summed E-state index contributed by atoms with van der Waals surface area (Å²) in [7, 11) is -0.411. The number of alkyl halides is 3. The average Bonchev–Trinajstić information content (AvgIpc) is 2.43. The first kappa shape index (κ1) is 17.2. The second-order valence-corrected chi connectivity index (χ2v) is 5.69. The third-order valence-electron chi connectivity index (χ3n) is 2.66. The Balaban J connectivity index is 2.77. The van der Waals surface area contributed by atoms with E-state index in [4.69, 9.17) is 5.26 Å². The van der Waals surface area contributed by atoms with Crippen molar-refractivity contribution < 1.29 is 22.2 Å². The summed E-state index contributed by atoms with van der Waals surface area (Å²) in [6.45, 7) is 0.190. The second-order valence-electron chi connectivity index (χ2n) is 4.24. The number of benzene rings is 1. The number of hydrogen-bond acceptors (Lipinski definition) is 3. The molecular formula is C13H13F3N2O2S. The molecule has 0 aliphatic rings. The summed E-state index contributed by atoms with van der Waals surface area (Å²) in [5, 5.41) is 8.41. The third kappa shape index (κ3) is 5.19. The zero-order valence-electron chi connectivity index (χ0n) is 11.2. The molecule has 0 radical (unpaired) electrons. The Kier molecular flexibility index (Phi) is 5.90. The van der Waals surface area contributed by atoms with Gasteiger partial charge in [0.1, 0.15) is 5.75 Å². The molecule has 1 rings (SSSR count). The molecular weight excluding hydrogens is 305 g/mol. The maximum atomic E-state index is 12.6. The zero-order chi connectivity index (χ0) is 16.0. The molecule has 0 saturated carbocycles. The van der Waals surface area contributed by atoms with Crippen LogP contribution in [0.5, 0.6) is 0 Å². The van der Waals surface area contributed by atoms with Crippen molar-refractivity contribution in [2.45, 2.75) is 17.5 Å². The molecule has 0 aromatic heterocycles. The van der Waals surface area contributed by atoms with Crippen molar-refractivity contribution in [1.29, 1.82) is 5.26 Å². The van der Waals surface area contributed by atoms with Crippen LogP contribution in [0.1, 0.15) is 12.0 Å². The van der Waals surface area contributed by atoms with Crippen LogP contribution in [0, 0.1) is 11.3 Å². The lowest BCUT2D eigenvalue weighted by Crippen LogP contribution is -2.31. The van der Waals surface area contributed by atoms with Gasteiger partial charge in [-0.15, -0.1) is 0 Å². The largest absolute Gasteiger partial charge is 0.416 e. The van der Waals surface area contributed by atoms with Gasteiger partial charge in [-0.3, -0.25) is 9.00 Å². The lowest BCUT2D eigenvalue weighted by atomic mass is 10.2. The molecule has 8 heteroatoms. The number of hydrogen-bond donors (Lipinski definition) is 0. The molecule has 114 valence electrons. The van der Waals surface area contributed by atoms with Gasteiger partial charge in [-0.2, -0.15) is 18.4 Å². The van der Waals surface area contributed by atoms with Gasteiger partial charge in [-0.25, -0.2) is 0 Å². The molecule has 0 spiro atoms. The molecule has 1 amide bonds. The zero-order valence-corrected chi connectivity index (χ0v) is 12.0. The number of halogens is 3. The summed E-state index contributed by atoms with van der Waals surface area (Å²) in [6, 6.07) is 5.96. The molecule has 0 heterocycles. The van der Waals surface area contributed by atoms with Crippen LogP contribution in [0.25, 0.3) is 0 Å². The highest BCUT2D eigenvalue weighted by Gasteiger charge is 2.31. The Morgan fingerprint density at radius 2 is 2.10 bits per heavy atom. The quantitative estimate of drug-likeness (QED) is 0.836. The minimum atomic E-state index is -4.52. The van der Waals surface area contributed by atoms with Crippen molar-refractivity contribution in [2.24, 2.45) is 0 Å². The maximum absolute atomic E-state index is 12.6. The molecule has 0 bridgehead atoms. The highest BCUT2D eigenvalue weighted by molar-refractivity contribution is 7.85. The van der Waals surface area contributed by atoms with Crippen LogP contribution in [0.4, 0.5) is 13.2 Å². The van der Waals surface area contributed by atoms with Gasteiger partial charge in [0.05, 0.1) is 28.9 Å². The Morgan fingerprint density at radius 1 is 1.43 bits per heavy atom. The summed E-state index contributed by atoms with van der Waals surface area (Å²) in [6.07, 6.45) is -4.38. The first-order valence-electron chi connectivity index (χ1n) is 5.92. The topological polar surface area (TPSA) is 61.2 Å². The van der Waals surface area contributed by atoms with Crippen LogP contribution in [0.15, 0.2) is 29.2 Å². The van der Waals surface area contributed by atoms with E-state index < -0.39 is 34.2 Å². The fourth-order valence-corrected chi connectivity index (χ4v) is 2.56. The lowest BCUT2D eigenvalue weighted by molar-refractivity contribution is -0.137. The molecule has 1 aromatic carbocycles. The summed E-state index contributed by atoms with van der Waals surface area (Å²) >= 11 is 0. The Bertz CT molecular complexity index is 582. The predicted molar refractivity (Wildman–Crippen MR) is 70.6 cm³/mol. The number of nitriles is 1. The van der Waals surface area contributed by atoms with Gasteiger partial charge in [-0.1, -0.05) is 6.07 Å². The van der Waals surface area contributed by atoms with Gasteiger partial charge in [0, 0.05) is 18.5 Å². The molecule has 1 aromatic rings. The molecule has 0 N–H and O–H groups in total. The summed E-state index contributed by atoms with van der Waals surface area (Å²) in [4.78, 5) is 12.9. The monoisotopic (exact) mass is 318 g/mol.